The fourth-order valence-corrected chi connectivity index (χ4v) is 2.12. The Kier molecular flexibility index (Phi) is 6.45. The Morgan fingerprint density at radius 3 is 2.54 bits per heavy atom. The van der Waals surface area contributed by atoms with Gasteiger partial charge in [-0.3, -0.25) is 14.6 Å². The van der Waals surface area contributed by atoms with Crippen LogP contribution in [-0.2, 0) is 4.74 Å². The van der Waals surface area contributed by atoms with Crippen molar-refractivity contribution in [1.29, 1.82) is 0 Å². The number of ether oxygens (including phenoxy) is 1. The lowest BCUT2D eigenvalue weighted by atomic mass is 10.1. The van der Waals surface area contributed by atoms with Gasteiger partial charge >= 0.3 is 0 Å². The van der Waals surface area contributed by atoms with Crippen LogP contribution in [0, 0.1) is 6.92 Å². The standard InChI is InChI=1S/C18H21N3O3/c1-13-6-3-4-7-16(13)21-18(23)15-10-14(11-19-12-15)17(22)20-8-5-9-24-2/h3-4,6-7,10-12H,5,8-9H2,1-2H3,(H,20,22)(H,21,23). The number of rotatable bonds is 7. The lowest BCUT2D eigenvalue weighted by Crippen LogP contribution is -2.25. The van der Waals surface area contributed by atoms with Crippen molar-refractivity contribution in [3.05, 3.63) is 59.4 Å². The third-order valence-electron chi connectivity index (χ3n) is 3.47. The number of hydrogen-bond acceptors (Lipinski definition) is 4. The molecule has 0 aliphatic carbocycles. The first-order valence-corrected chi connectivity index (χ1v) is 7.71. The van der Waals surface area contributed by atoms with Crippen molar-refractivity contribution >= 4 is 17.5 Å². The third-order valence-corrected chi connectivity index (χ3v) is 3.47. The molecular weight excluding hydrogens is 306 g/mol. The molecule has 126 valence electrons. The molecule has 0 aliphatic heterocycles. The highest BCUT2D eigenvalue weighted by atomic mass is 16.5. The number of hydrogen-bond donors (Lipinski definition) is 2. The number of para-hydroxylation sites is 1. The van der Waals surface area contributed by atoms with Crippen LogP contribution in [0.3, 0.4) is 0 Å². The monoisotopic (exact) mass is 327 g/mol. The summed E-state index contributed by atoms with van der Waals surface area (Å²) in [5.41, 5.74) is 2.38. The van der Waals surface area contributed by atoms with Crippen LogP contribution in [0.4, 0.5) is 5.69 Å². The number of aryl methyl sites for hydroxylation is 1. The molecule has 0 radical (unpaired) electrons. The SMILES string of the molecule is COCCCNC(=O)c1cncc(C(=O)Nc2ccccc2C)c1. The summed E-state index contributed by atoms with van der Waals surface area (Å²) in [7, 11) is 1.61. The van der Waals surface area contributed by atoms with Gasteiger partial charge < -0.3 is 15.4 Å². The lowest BCUT2D eigenvalue weighted by Gasteiger charge is -2.09. The number of pyridine rings is 1. The number of aromatic nitrogens is 1. The number of carbonyl (C=O) groups is 2. The van der Waals surface area contributed by atoms with E-state index in [1.54, 1.807) is 7.11 Å². The van der Waals surface area contributed by atoms with Crippen LogP contribution in [0.2, 0.25) is 0 Å². The maximum Gasteiger partial charge on any atom is 0.257 e. The van der Waals surface area contributed by atoms with E-state index in [4.69, 9.17) is 4.74 Å². The molecule has 0 atom stereocenters. The molecule has 0 spiro atoms. The minimum absolute atomic E-state index is 0.260. The second kappa shape index (κ2) is 8.79. The fraction of sp³-hybridized carbons (Fsp3) is 0.278. The molecule has 0 bridgehead atoms. The zero-order valence-corrected chi connectivity index (χ0v) is 13.8. The molecule has 24 heavy (non-hydrogen) atoms. The van der Waals surface area contributed by atoms with Crippen molar-refractivity contribution < 1.29 is 14.3 Å². The number of amides is 2. The molecule has 2 rings (SSSR count). The second-order valence-electron chi connectivity index (χ2n) is 5.33. The van der Waals surface area contributed by atoms with Gasteiger partial charge in [-0.25, -0.2) is 0 Å². The van der Waals surface area contributed by atoms with Crippen LogP contribution in [-0.4, -0.2) is 37.1 Å². The summed E-state index contributed by atoms with van der Waals surface area (Å²) in [4.78, 5) is 28.4. The van der Waals surface area contributed by atoms with Crippen molar-refractivity contribution in [2.75, 3.05) is 25.6 Å². The summed E-state index contributed by atoms with van der Waals surface area (Å²) in [5.74, 6) is -0.560. The maximum atomic E-state index is 12.3. The molecule has 2 aromatic rings. The maximum absolute atomic E-state index is 12.3. The number of carbonyl (C=O) groups excluding carboxylic acids is 2. The summed E-state index contributed by atoms with van der Waals surface area (Å²) in [6.45, 7) is 3.00. The Morgan fingerprint density at radius 2 is 1.83 bits per heavy atom. The van der Waals surface area contributed by atoms with E-state index >= 15 is 0 Å². The van der Waals surface area contributed by atoms with Gasteiger partial charge in [0.15, 0.2) is 0 Å². The van der Waals surface area contributed by atoms with Gasteiger partial charge in [-0.2, -0.15) is 0 Å². The summed E-state index contributed by atoms with van der Waals surface area (Å²) >= 11 is 0. The largest absolute Gasteiger partial charge is 0.385 e. The van der Waals surface area contributed by atoms with Crippen molar-refractivity contribution in [3.8, 4) is 0 Å². The van der Waals surface area contributed by atoms with Crippen LogP contribution in [0.25, 0.3) is 0 Å². The molecule has 2 N–H and O–H groups in total. The molecule has 1 aromatic heterocycles. The zero-order chi connectivity index (χ0) is 17.4. The second-order valence-corrected chi connectivity index (χ2v) is 5.33. The predicted molar refractivity (Wildman–Crippen MR) is 92.2 cm³/mol. The van der Waals surface area contributed by atoms with E-state index in [-0.39, 0.29) is 11.8 Å². The van der Waals surface area contributed by atoms with Crippen LogP contribution in [0.1, 0.15) is 32.7 Å². The van der Waals surface area contributed by atoms with Crippen molar-refractivity contribution in [2.45, 2.75) is 13.3 Å². The summed E-state index contributed by atoms with van der Waals surface area (Å²) in [5, 5.41) is 5.59. The topological polar surface area (TPSA) is 80.3 Å². The highest BCUT2D eigenvalue weighted by Crippen LogP contribution is 2.14. The quantitative estimate of drug-likeness (QED) is 0.765. The Balaban J connectivity index is 2.02. The molecular formula is C18H21N3O3. The molecule has 6 heteroatoms. The minimum atomic E-state index is -0.300. The van der Waals surface area contributed by atoms with Gasteiger partial charge in [0.1, 0.15) is 0 Å². The first kappa shape index (κ1) is 17.6. The number of nitrogens with zero attached hydrogens (tertiary/aromatic N) is 1. The molecule has 0 unspecified atom stereocenters. The first-order valence-electron chi connectivity index (χ1n) is 7.71. The van der Waals surface area contributed by atoms with Gasteiger partial charge in [0, 0.05) is 38.3 Å². The lowest BCUT2D eigenvalue weighted by molar-refractivity contribution is 0.0948. The molecule has 2 amide bonds. The molecule has 0 saturated heterocycles. The summed E-state index contributed by atoms with van der Waals surface area (Å²) in [6, 6.07) is 9.03. The highest BCUT2D eigenvalue weighted by Gasteiger charge is 2.12. The van der Waals surface area contributed by atoms with Gasteiger partial charge in [-0.05, 0) is 31.0 Å². The van der Waals surface area contributed by atoms with Crippen LogP contribution < -0.4 is 10.6 Å². The Morgan fingerprint density at radius 1 is 1.12 bits per heavy atom. The van der Waals surface area contributed by atoms with Crippen molar-refractivity contribution in [2.24, 2.45) is 0 Å². The smallest absolute Gasteiger partial charge is 0.257 e. The van der Waals surface area contributed by atoms with Gasteiger partial charge in [0.2, 0.25) is 0 Å². The zero-order valence-electron chi connectivity index (χ0n) is 13.8. The minimum Gasteiger partial charge on any atom is -0.385 e. The van der Waals surface area contributed by atoms with Crippen LogP contribution in [0.15, 0.2) is 42.7 Å². The molecule has 1 heterocycles. The van der Waals surface area contributed by atoms with Crippen LogP contribution >= 0.6 is 0 Å². The van der Waals surface area contributed by atoms with E-state index in [0.29, 0.717) is 24.3 Å². The Hall–Kier alpha value is -2.73. The van der Waals surface area contributed by atoms with Gasteiger partial charge in [0.05, 0.1) is 11.1 Å². The Labute approximate surface area is 141 Å². The summed E-state index contributed by atoms with van der Waals surface area (Å²) < 4.78 is 4.93. The van der Waals surface area contributed by atoms with E-state index in [1.807, 2.05) is 31.2 Å². The summed E-state index contributed by atoms with van der Waals surface area (Å²) in [6.07, 6.45) is 3.61. The average Bonchev–Trinajstić information content (AvgIpc) is 2.60. The third kappa shape index (κ3) is 4.89. The normalized spacial score (nSPS) is 10.2. The molecule has 0 fully saturated rings. The van der Waals surface area contributed by atoms with E-state index in [2.05, 4.69) is 15.6 Å². The first-order chi connectivity index (χ1) is 11.6. The molecule has 6 nitrogen and oxygen atoms in total. The van der Waals surface area contributed by atoms with Gasteiger partial charge in [0.25, 0.3) is 11.8 Å². The number of benzene rings is 1. The van der Waals surface area contributed by atoms with E-state index in [9.17, 15) is 9.59 Å². The van der Waals surface area contributed by atoms with E-state index in [0.717, 1.165) is 17.7 Å². The number of nitrogens with one attached hydrogen (secondary N) is 2. The van der Waals surface area contributed by atoms with Crippen molar-refractivity contribution in [1.82, 2.24) is 10.3 Å². The Bertz CT molecular complexity index is 716. The van der Waals surface area contributed by atoms with Gasteiger partial charge in [-0.1, -0.05) is 18.2 Å². The fourth-order valence-electron chi connectivity index (χ4n) is 2.12. The highest BCUT2D eigenvalue weighted by molar-refractivity contribution is 6.06. The number of methoxy groups -OCH3 is 1. The molecule has 1 aromatic carbocycles. The molecule has 0 aliphatic rings. The average molecular weight is 327 g/mol. The molecule has 0 saturated carbocycles. The van der Waals surface area contributed by atoms with Crippen molar-refractivity contribution in [3.63, 3.8) is 0 Å². The van der Waals surface area contributed by atoms with Gasteiger partial charge in [-0.15, -0.1) is 0 Å². The van der Waals surface area contributed by atoms with Crippen LogP contribution in [0.5, 0.6) is 0 Å². The number of anilines is 1. The van der Waals surface area contributed by atoms with E-state index < -0.39 is 0 Å². The van der Waals surface area contributed by atoms with E-state index in [1.165, 1.54) is 18.5 Å². The predicted octanol–water partition coefficient (Wildman–Crippen LogP) is 2.41.